The van der Waals surface area contributed by atoms with Crippen LogP contribution < -0.4 is 5.73 Å². The first-order valence-electron chi connectivity index (χ1n) is 4.06. The van der Waals surface area contributed by atoms with E-state index in [2.05, 4.69) is 15.2 Å². The van der Waals surface area contributed by atoms with Crippen molar-refractivity contribution >= 4 is 0 Å². The molecule has 0 saturated heterocycles. The van der Waals surface area contributed by atoms with Gasteiger partial charge in [-0.05, 0) is 6.92 Å². The van der Waals surface area contributed by atoms with E-state index in [0.717, 1.165) is 6.92 Å². The molecule has 7 heteroatoms. The molecule has 0 bridgehead atoms. The molecule has 3 N–H and O–H groups in total. The standard InChI is InChI=1S/C7H11F3N4/c1-3-4-12-5(14-13-4)6(2,11)7(8,9)10/h3,11H2,1-2H3,(H,12,13,14). The second-order valence-corrected chi connectivity index (χ2v) is 3.16. The zero-order chi connectivity index (χ0) is 11.0. The highest BCUT2D eigenvalue weighted by Gasteiger charge is 2.52. The Hall–Kier alpha value is -1.11. The first-order valence-corrected chi connectivity index (χ1v) is 4.06. The summed E-state index contributed by atoms with van der Waals surface area (Å²) in [6, 6.07) is 0. The first kappa shape index (κ1) is 11.0. The molecule has 1 unspecified atom stereocenters. The molecule has 0 aromatic carbocycles. The number of aryl methyl sites for hydroxylation is 1. The van der Waals surface area contributed by atoms with Gasteiger partial charge >= 0.3 is 6.18 Å². The monoisotopic (exact) mass is 208 g/mol. The molecular formula is C7H11F3N4. The molecule has 4 nitrogen and oxygen atoms in total. The fraction of sp³-hybridized carbons (Fsp3) is 0.714. The van der Waals surface area contributed by atoms with Gasteiger partial charge in [-0.2, -0.15) is 18.3 Å². The third kappa shape index (κ3) is 1.72. The number of halogens is 3. The lowest BCUT2D eigenvalue weighted by molar-refractivity contribution is -0.186. The minimum absolute atomic E-state index is 0.390. The summed E-state index contributed by atoms with van der Waals surface area (Å²) in [6.45, 7) is 2.60. The number of hydrogen-bond acceptors (Lipinski definition) is 3. The van der Waals surface area contributed by atoms with Crippen LogP contribution in [0.5, 0.6) is 0 Å². The molecule has 1 atom stereocenters. The van der Waals surface area contributed by atoms with Crippen molar-refractivity contribution in [3.8, 4) is 0 Å². The number of nitrogens with one attached hydrogen (secondary N) is 1. The van der Waals surface area contributed by atoms with E-state index in [1.807, 2.05) is 0 Å². The van der Waals surface area contributed by atoms with E-state index in [0.29, 0.717) is 12.2 Å². The van der Waals surface area contributed by atoms with Crippen LogP contribution in [0.3, 0.4) is 0 Å². The van der Waals surface area contributed by atoms with Crippen LogP contribution in [0.4, 0.5) is 13.2 Å². The Morgan fingerprint density at radius 1 is 1.43 bits per heavy atom. The van der Waals surface area contributed by atoms with Crippen LogP contribution in [0.25, 0.3) is 0 Å². The maximum Gasteiger partial charge on any atom is 0.413 e. The lowest BCUT2D eigenvalue weighted by Gasteiger charge is -2.23. The summed E-state index contributed by atoms with van der Waals surface area (Å²) < 4.78 is 37.2. The van der Waals surface area contributed by atoms with Gasteiger partial charge in [-0.25, -0.2) is 4.98 Å². The lowest BCUT2D eigenvalue weighted by atomic mass is 10.0. The van der Waals surface area contributed by atoms with Crippen molar-refractivity contribution < 1.29 is 13.2 Å². The Kier molecular flexibility index (Phi) is 2.53. The molecule has 0 aliphatic heterocycles. The number of alkyl halides is 3. The molecule has 0 aliphatic carbocycles. The van der Waals surface area contributed by atoms with E-state index in [-0.39, 0.29) is 0 Å². The summed E-state index contributed by atoms with van der Waals surface area (Å²) in [7, 11) is 0. The largest absolute Gasteiger partial charge is 0.413 e. The third-order valence-corrected chi connectivity index (χ3v) is 1.92. The fourth-order valence-electron chi connectivity index (χ4n) is 0.812. The maximum atomic E-state index is 12.4. The average molecular weight is 208 g/mol. The maximum absolute atomic E-state index is 12.4. The van der Waals surface area contributed by atoms with E-state index in [1.54, 1.807) is 6.92 Å². The van der Waals surface area contributed by atoms with Crippen molar-refractivity contribution in [3.05, 3.63) is 11.6 Å². The summed E-state index contributed by atoms with van der Waals surface area (Å²) in [5.41, 5.74) is 2.61. The Labute approximate surface area is 78.7 Å². The smallest absolute Gasteiger partial charge is 0.311 e. The summed E-state index contributed by atoms with van der Waals surface area (Å²) in [5.74, 6) is -0.0391. The zero-order valence-electron chi connectivity index (χ0n) is 7.81. The van der Waals surface area contributed by atoms with E-state index in [1.165, 1.54) is 0 Å². The van der Waals surface area contributed by atoms with Gasteiger partial charge in [0.2, 0.25) is 0 Å². The highest BCUT2D eigenvalue weighted by molar-refractivity contribution is 5.07. The van der Waals surface area contributed by atoms with Crippen LogP contribution in [-0.4, -0.2) is 21.4 Å². The number of aromatic amines is 1. The minimum atomic E-state index is -4.56. The molecule has 0 saturated carbocycles. The molecule has 1 heterocycles. The van der Waals surface area contributed by atoms with Crippen LogP contribution in [-0.2, 0) is 12.0 Å². The second-order valence-electron chi connectivity index (χ2n) is 3.16. The Morgan fingerprint density at radius 3 is 2.36 bits per heavy atom. The number of hydrogen-bond donors (Lipinski definition) is 2. The average Bonchev–Trinajstić information content (AvgIpc) is 2.49. The minimum Gasteiger partial charge on any atom is -0.311 e. The van der Waals surface area contributed by atoms with Crippen LogP contribution in [0.15, 0.2) is 0 Å². The molecule has 0 aliphatic rings. The Bertz CT molecular complexity index is 315. The predicted molar refractivity (Wildman–Crippen MR) is 43.4 cm³/mol. The van der Waals surface area contributed by atoms with Crippen LogP contribution >= 0.6 is 0 Å². The molecule has 0 fully saturated rings. The van der Waals surface area contributed by atoms with Crippen molar-refractivity contribution in [3.63, 3.8) is 0 Å². The van der Waals surface area contributed by atoms with E-state index in [4.69, 9.17) is 5.73 Å². The van der Waals surface area contributed by atoms with Crippen LogP contribution in [0, 0.1) is 0 Å². The van der Waals surface area contributed by atoms with Crippen molar-refractivity contribution in [1.29, 1.82) is 0 Å². The molecule has 0 radical (unpaired) electrons. The molecule has 14 heavy (non-hydrogen) atoms. The second kappa shape index (κ2) is 3.23. The molecule has 0 spiro atoms. The first-order chi connectivity index (χ1) is 6.29. The number of nitrogens with two attached hydrogens (primary N) is 1. The molecule has 1 rings (SSSR count). The highest BCUT2D eigenvalue weighted by atomic mass is 19.4. The van der Waals surface area contributed by atoms with Gasteiger partial charge in [0, 0.05) is 6.42 Å². The third-order valence-electron chi connectivity index (χ3n) is 1.92. The van der Waals surface area contributed by atoms with Crippen molar-refractivity contribution in [1.82, 2.24) is 15.2 Å². The van der Waals surface area contributed by atoms with Gasteiger partial charge in [-0.15, -0.1) is 0 Å². The Balaban J connectivity index is 3.04. The van der Waals surface area contributed by atoms with Gasteiger partial charge < -0.3 is 5.73 Å². The van der Waals surface area contributed by atoms with Crippen molar-refractivity contribution in [2.24, 2.45) is 5.73 Å². The van der Waals surface area contributed by atoms with E-state index < -0.39 is 17.5 Å². The van der Waals surface area contributed by atoms with Crippen molar-refractivity contribution in [2.75, 3.05) is 0 Å². The highest BCUT2D eigenvalue weighted by Crippen LogP contribution is 2.34. The molecule has 80 valence electrons. The molecule has 1 aromatic rings. The number of rotatable bonds is 2. The SMILES string of the molecule is CCc1nc(C(C)(N)C(F)(F)F)n[nH]1. The zero-order valence-corrected chi connectivity index (χ0v) is 7.81. The normalized spacial score (nSPS) is 16.7. The summed E-state index contributed by atoms with van der Waals surface area (Å²) in [6.07, 6.45) is -4.07. The van der Waals surface area contributed by atoms with Gasteiger partial charge in [-0.1, -0.05) is 6.92 Å². The summed E-state index contributed by atoms with van der Waals surface area (Å²) >= 11 is 0. The topological polar surface area (TPSA) is 67.6 Å². The van der Waals surface area contributed by atoms with Gasteiger partial charge in [-0.3, -0.25) is 5.10 Å². The van der Waals surface area contributed by atoms with Gasteiger partial charge in [0.25, 0.3) is 0 Å². The predicted octanol–water partition coefficient (Wildman–Crippen LogP) is 1.10. The van der Waals surface area contributed by atoms with Crippen LogP contribution in [0.1, 0.15) is 25.5 Å². The lowest BCUT2D eigenvalue weighted by Crippen LogP contribution is -2.48. The number of aromatic nitrogens is 3. The molecule has 0 amide bonds. The number of nitrogens with zero attached hydrogens (tertiary/aromatic N) is 2. The Morgan fingerprint density at radius 2 is 2.00 bits per heavy atom. The molecular weight excluding hydrogens is 197 g/mol. The van der Waals surface area contributed by atoms with E-state index >= 15 is 0 Å². The number of H-pyrrole nitrogens is 1. The summed E-state index contributed by atoms with van der Waals surface area (Å²) in [4.78, 5) is 3.66. The van der Waals surface area contributed by atoms with Gasteiger partial charge in [0.05, 0.1) is 0 Å². The fourth-order valence-corrected chi connectivity index (χ4v) is 0.812. The quantitative estimate of drug-likeness (QED) is 0.764. The van der Waals surface area contributed by atoms with Gasteiger partial charge in [0.15, 0.2) is 11.4 Å². The van der Waals surface area contributed by atoms with E-state index in [9.17, 15) is 13.2 Å². The van der Waals surface area contributed by atoms with Crippen molar-refractivity contribution in [2.45, 2.75) is 32.0 Å². The summed E-state index contributed by atoms with van der Waals surface area (Å²) in [5, 5.41) is 5.84. The van der Waals surface area contributed by atoms with Gasteiger partial charge in [0.1, 0.15) is 5.82 Å². The molecule has 1 aromatic heterocycles. The van der Waals surface area contributed by atoms with Crippen LogP contribution in [0.2, 0.25) is 0 Å².